The maximum Gasteiger partial charge on any atom is 0.323 e. The van der Waals surface area contributed by atoms with Crippen LogP contribution in [0.4, 0.5) is 0 Å². The molecule has 1 atom stereocenters. The zero-order valence-electron chi connectivity index (χ0n) is 13.2. The summed E-state index contributed by atoms with van der Waals surface area (Å²) in [6.07, 6.45) is 4.45. The summed E-state index contributed by atoms with van der Waals surface area (Å²) in [7, 11) is 2.06. The Kier molecular flexibility index (Phi) is 7.48. The smallest absolute Gasteiger partial charge is 0.323 e. The molecule has 118 valence electrons. The quantitative estimate of drug-likeness (QED) is 0.535. The highest BCUT2D eigenvalue weighted by atomic mass is 16.5. The van der Waals surface area contributed by atoms with Crippen LogP contribution in [-0.4, -0.2) is 60.9 Å². The number of hydrogen-bond acceptors (Lipinski definition) is 4. The molecular weight excluding hydrogens is 256 g/mol. The van der Waals surface area contributed by atoms with Crippen LogP contribution in [0, 0.1) is 0 Å². The third kappa shape index (κ3) is 5.77. The Bertz CT molecular complexity index is 295. The molecule has 0 amide bonds. The molecule has 20 heavy (non-hydrogen) atoms. The number of carboxylic acids is 1. The van der Waals surface area contributed by atoms with Gasteiger partial charge >= 0.3 is 5.97 Å². The van der Waals surface area contributed by atoms with Gasteiger partial charge in [-0.25, -0.2) is 0 Å². The summed E-state index contributed by atoms with van der Waals surface area (Å²) in [5.41, 5.74) is -0.734. The molecule has 1 unspecified atom stereocenters. The van der Waals surface area contributed by atoms with Gasteiger partial charge in [0.25, 0.3) is 0 Å². The SMILES string of the molecule is CCOCCN(C)CCCC(CC)(NC1CC1)C(=O)O. The Morgan fingerprint density at radius 3 is 2.60 bits per heavy atom. The first-order chi connectivity index (χ1) is 9.54. The van der Waals surface area contributed by atoms with Gasteiger partial charge in [-0.1, -0.05) is 6.92 Å². The lowest BCUT2D eigenvalue weighted by Gasteiger charge is -2.30. The molecule has 1 rings (SSSR count). The number of likely N-dealkylation sites (N-methyl/N-ethyl adjacent to an activating group) is 1. The summed E-state index contributed by atoms with van der Waals surface area (Å²) in [6, 6.07) is 0.418. The van der Waals surface area contributed by atoms with Crippen molar-refractivity contribution in [2.75, 3.05) is 33.4 Å². The van der Waals surface area contributed by atoms with E-state index in [9.17, 15) is 9.90 Å². The summed E-state index contributed by atoms with van der Waals surface area (Å²) in [6.45, 7) is 7.25. The van der Waals surface area contributed by atoms with Crippen molar-refractivity contribution in [1.29, 1.82) is 0 Å². The normalized spacial score (nSPS) is 18.2. The fourth-order valence-corrected chi connectivity index (χ4v) is 2.42. The van der Waals surface area contributed by atoms with Crippen LogP contribution in [0.2, 0.25) is 0 Å². The number of nitrogens with one attached hydrogen (secondary N) is 1. The van der Waals surface area contributed by atoms with E-state index in [0.717, 1.165) is 45.6 Å². The highest BCUT2D eigenvalue weighted by Crippen LogP contribution is 2.27. The Labute approximate surface area is 122 Å². The van der Waals surface area contributed by atoms with Gasteiger partial charge in [-0.15, -0.1) is 0 Å². The van der Waals surface area contributed by atoms with Crippen LogP contribution in [0.25, 0.3) is 0 Å². The van der Waals surface area contributed by atoms with E-state index in [1.165, 1.54) is 0 Å². The number of aliphatic carboxylic acids is 1. The van der Waals surface area contributed by atoms with E-state index < -0.39 is 11.5 Å². The van der Waals surface area contributed by atoms with E-state index in [1.54, 1.807) is 0 Å². The minimum atomic E-state index is -0.734. The number of ether oxygens (including phenoxy) is 1. The Hall–Kier alpha value is -0.650. The molecule has 0 aromatic heterocycles. The van der Waals surface area contributed by atoms with E-state index in [0.29, 0.717) is 18.9 Å². The van der Waals surface area contributed by atoms with E-state index in [-0.39, 0.29) is 0 Å². The highest BCUT2D eigenvalue weighted by molar-refractivity contribution is 5.78. The average molecular weight is 286 g/mol. The number of carbonyl (C=O) groups is 1. The van der Waals surface area contributed by atoms with Crippen molar-refractivity contribution in [3.8, 4) is 0 Å². The molecule has 0 aromatic rings. The fraction of sp³-hybridized carbons (Fsp3) is 0.933. The van der Waals surface area contributed by atoms with Gasteiger partial charge in [0.15, 0.2) is 0 Å². The lowest BCUT2D eigenvalue weighted by molar-refractivity contribution is -0.145. The number of hydrogen-bond donors (Lipinski definition) is 2. The molecule has 0 saturated heterocycles. The summed E-state index contributed by atoms with van der Waals surface area (Å²) in [5.74, 6) is -0.705. The number of carboxylic acid groups (broad SMARTS) is 1. The Balaban J connectivity index is 2.32. The molecule has 0 bridgehead atoms. The maximum absolute atomic E-state index is 11.6. The van der Waals surface area contributed by atoms with Gasteiger partial charge in [-0.05, 0) is 52.6 Å². The summed E-state index contributed by atoms with van der Waals surface area (Å²) in [5, 5.41) is 12.9. The van der Waals surface area contributed by atoms with E-state index >= 15 is 0 Å². The molecule has 0 heterocycles. The van der Waals surface area contributed by atoms with Gasteiger partial charge in [0.05, 0.1) is 6.61 Å². The highest BCUT2D eigenvalue weighted by Gasteiger charge is 2.40. The minimum absolute atomic E-state index is 0.418. The molecule has 5 nitrogen and oxygen atoms in total. The van der Waals surface area contributed by atoms with Crippen LogP contribution >= 0.6 is 0 Å². The van der Waals surface area contributed by atoms with Crippen LogP contribution < -0.4 is 5.32 Å². The number of rotatable bonds is 12. The molecule has 1 saturated carbocycles. The summed E-state index contributed by atoms with van der Waals surface area (Å²) >= 11 is 0. The standard InChI is InChI=1S/C15H30N2O3/c1-4-15(14(18)19,16-13-7-8-13)9-6-10-17(3)11-12-20-5-2/h13,16H,4-12H2,1-3H3,(H,18,19). The van der Waals surface area contributed by atoms with Gasteiger partial charge in [-0.3, -0.25) is 10.1 Å². The first kappa shape index (κ1) is 17.4. The van der Waals surface area contributed by atoms with Crippen LogP contribution in [0.3, 0.4) is 0 Å². The lowest BCUT2D eigenvalue weighted by Crippen LogP contribution is -2.53. The molecule has 0 spiro atoms. The van der Waals surface area contributed by atoms with Gasteiger partial charge in [0, 0.05) is 19.2 Å². The second-order valence-electron chi connectivity index (χ2n) is 5.76. The van der Waals surface area contributed by atoms with Crippen molar-refractivity contribution in [2.45, 2.75) is 57.5 Å². The van der Waals surface area contributed by atoms with Gasteiger partial charge in [-0.2, -0.15) is 0 Å². The van der Waals surface area contributed by atoms with Gasteiger partial charge in [0.2, 0.25) is 0 Å². The molecule has 1 aliphatic rings. The second-order valence-corrected chi connectivity index (χ2v) is 5.76. The topological polar surface area (TPSA) is 61.8 Å². The summed E-state index contributed by atoms with van der Waals surface area (Å²) < 4.78 is 5.32. The van der Waals surface area contributed by atoms with Crippen molar-refractivity contribution in [1.82, 2.24) is 10.2 Å². The average Bonchev–Trinajstić information content (AvgIpc) is 3.21. The van der Waals surface area contributed by atoms with Crippen molar-refractivity contribution >= 4 is 5.97 Å². The Morgan fingerprint density at radius 2 is 2.10 bits per heavy atom. The van der Waals surface area contributed by atoms with Gasteiger partial charge < -0.3 is 14.7 Å². The van der Waals surface area contributed by atoms with Gasteiger partial charge in [0.1, 0.15) is 5.54 Å². The molecule has 5 heteroatoms. The van der Waals surface area contributed by atoms with Crippen molar-refractivity contribution in [2.24, 2.45) is 0 Å². The van der Waals surface area contributed by atoms with Crippen LogP contribution in [0.15, 0.2) is 0 Å². The third-order valence-corrected chi connectivity index (χ3v) is 4.04. The number of nitrogens with zero attached hydrogens (tertiary/aromatic N) is 1. The van der Waals surface area contributed by atoms with Crippen molar-refractivity contribution < 1.29 is 14.6 Å². The zero-order chi connectivity index (χ0) is 15.0. The molecule has 1 fully saturated rings. The second kappa shape index (κ2) is 8.60. The first-order valence-electron chi connectivity index (χ1n) is 7.81. The molecule has 0 aliphatic heterocycles. The molecule has 2 N–H and O–H groups in total. The largest absolute Gasteiger partial charge is 0.480 e. The summed E-state index contributed by atoms with van der Waals surface area (Å²) in [4.78, 5) is 13.8. The van der Waals surface area contributed by atoms with E-state index in [4.69, 9.17) is 4.74 Å². The fourth-order valence-electron chi connectivity index (χ4n) is 2.42. The van der Waals surface area contributed by atoms with E-state index in [2.05, 4.69) is 17.3 Å². The monoisotopic (exact) mass is 286 g/mol. The van der Waals surface area contributed by atoms with Crippen LogP contribution in [-0.2, 0) is 9.53 Å². The molecule has 0 radical (unpaired) electrons. The Morgan fingerprint density at radius 1 is 1.40 bits per heavy atom. The maximum atomic E-state index is 11.6. The molecule has 0 aromatic carbocycles. The molecule has 1 aliphatic carbocycles. The van der Waals surface area contributed by atoms with E-state index in [1.807, 2.05) is 13.8 Å². The lowest BCUT2D eigenvalue weighted by atomic mass is 9.90. The predicted molar refractivity (Wildman–Crippen MR) is 80.0 cm³/mol. The third-order valence-electron chi connectivity index (χ3n) is 4.04. The van der Waals surface area contributed by atoms with Crippen LogP contribution in [0.5, 0.6) is 0 Å². The van der Waals surface area contributed by atoms with Crippen LogP contribution in [0.1, 0.15) is 46.0 Å². The molecular formula is C15H30N2O3. The first-order valence-corrected chi connectivity index (χ1v) is 7.81. The van der Waals surface area contributed by atoms with Crippen molar-refractivity contribution in [3.05, 3.63) is 0 Å². The van der Waals surface area contributed by atoms with Crippen molar-refractivity contribution in [3.63, 3.8) is 0 Å². The predicted octanol–water partition coefficient (Wildman–Crippen LogP) is 1.72. The zero-order valence-corrected chi connectivity index (χ0v) is 13.2. The minimum Gasteiger partial charge on any atom is -0.480 e.